The fraction of sp³-hybridized carbons (Fsp3) is 0.0435. The van der Waals surface area contributed by atoms with Crippen LogP contribution in [0.3, 0.4) is 0 Å². The van der Waals surface area contributed by atoms with Gasteiger partial charge in [-0.3, -0.25) is 9.13 Å². The first-order valence-electron chi connectivity index (χ1n) is 18.6. The van der Waals surface area contributed by atoms with Gasteiger partial charge in [0.25, 0.3) is 0 Å². The molecular weight excluding hydrogens is 653 g/mol. The van der Waals surface area contributed by atoms with Gasteiger partial charge in [-0.05, 0) is 79.0 Å². The molecule has 7 nitrogen and oxygen atoms in total. The largest absolute Gasteiger partial charge is 0.459 e. The Morgan fingerprint density at radius 1 is 0.623 bits per heavy atom. The minimum absolute atomic E-state index is 0.203. The molecule has 0 fully saturated rings. The lowest BCUT2D eigenvalue weighted by atomic mass is 9.95. The normalized spacial score (nSPS) is 12.3. The van der Waals surface area contributed by atoms with E-state index >= 15 is 0 Å². The van der Waals surface area contributed by atoms with E-state index in [4.69, 9.17) is 20.5 Å². The summed E-state index contributed by atoms with van der Waals surface area (Å²) in [6.07, 6.45) is 1.52. The quantitative estimate of drug-likeness (QED) is 0.156. The maximum absolute atomic E-state index is 8.03. The molecule has 0 aliphatic carbocycles. The second kappa shape index (κ2) is 13.1. The minimum Gasteiger partial charge on any atom is -0.459 e. The number of benzene rings is 6. The van der Waals surface area contributed by atoms with Gasteiger partial charge in [0.2, 0.25) is 0 Å². The number of fused-ring (bicyclic) bond motifs is 3. The Morgan fingerprint density at radius 2 is 1.34 bits per heavy atom. The predicted molar refractivity (Wildman–Crippen MR) is 212 cm³/mol. The Bertz CT molecular complexity index is 2910. The van der Waals surface area contributed by atoms with E-state index < -0.39 is 6.85 Å². The molecule has 6 aromatic carbocycles. The molecule has 53 heavy (non-hydrogen) atoms. The van der Waals surface area contributed by atoms with E-state index in [1.54, 1.807) is 18.2 Å². The maximum Gasteiger partial charge on any atom is 0.191 e. The van der Waals surface area contributed by atoms with E-state index in [1.165, 1.54) is 12.3 Å². The number of nitrogens with zero attached hydrogens (tertiary/aromatic N) is 6. The minimum atomic E-state index is -2.29. The lowest BCUT2D eigenvalue weighted by Gasteiger charge is -2.19. The molecule has 0 aliphatic heterocycles. The molecule has 9 aromatic rings. The smallest absolute Gasteiger partial charge is 0.191 e. The molecule has 0 atom stereocenters. The first kappa shape index (κ1) is 28.4. The fourth-order valence-electron chi connectivity index (χ4n) is 7.08. The van der Waals surface area contributed by atoms with Crippen LogP contribution in [-0.4, -0.2) is 24.3 Å². The molecule has 0 saturated heterocycles. The van der Waals surface area contributed by atoms with Gasteiger partial charge in [0, 0.05) is 43.8 Å². The van der Waals surface area contributed by atoms with Gasteiger partial charge in [0.1, 0.15) is 23.1 Å². The van der Waals surface area contributed by atoms with Gasteiger partial charge in [-0.25, -0.2) is 9.83 Å². The summed E-state index contributed by atoms with van der Waals surface area (Å²) in [6.45, 7) is 7.67. The SMILES string of the molecule is [2H]C([2H])([2H])c1ccnc(-n2c3ccccc3c3ccc(Oc4cc([N+]#[C-])cc(-c5nnc(C)n5-c5c(-c6ccccc6)cccc5-c5ccccc5)c4)cc32)c1. The van der Waals surface area contributed by atoms with E-state index in [9.17, 15) is 0 Å². The number of ether oxygens (including phenoxy) is 1. The summed E-state index contributed by atoms with van der Waals surface area (Å²) < 4.78 is 34.6. The van der Waals surface area contributed by atoms with Crippen LogP contribution in [0.5, 0.6) is 11.5 Å². The van der Waals surface area contributed by atoms with Crippen molar-refractivity contribution >= 4 is 27.5 Å². The third-order valence-corrected chi connectivity index (χ3v) is 9.39. The van der Waals surface area contributed by atoms with Crippen molar-refractivity contribution in [1.29, 1.82) is 0 Å². The van der Waals surface area contributed by atoms with Crippen molar-refractivity contribution in [2.45, 2.75) is 13.8 Å². The zero-order valence-electron chi connectivity index (χ0n) is 31.6. The van der Waals surface area contributed by atoms with Gasteiger partial charge in [0.15, 0.2) is 11.5 Å². The van der Waals surface area contributed by atoms with Crippen LogP contribution in [0.25, 0.3) is 71.8 Å². The van der Waals surface area contributed by atoms with E-state index in [-0.39, 0.29) is 5.56 Å². The van der Waals surface area contributed by atoms with E-state index in [0.717, 1.165) is 49.7 Å². The van der Waals surface area contributed by atoms with Crippen molar-refractivity contribution in [3.05, 3.63) is 181 Å². The highest BCUT2D eigenvalue weighted by Crippen LogP contribution is 2.41. The molecule has 0 aliphatic rings. The Morgan fingerprint density at radius 3 is 2.08 bits per heavy atom. The van der Waals surface area contributed by atoms with Gasteiger partial charge in [-0.2, -0.15) is 0 Å². The Hall–Kier alpha value is -7.30. The lowest BCUT2D eigenvalue weighted by molar-refractivity contribution is 0.484. The summed E-state index contributed by atoms with van der Waals surface area (Å²) in [5.74, 6) is 2.71. The number of aryl methyl sites for hydroxylation is 2. The molecule has 7 heteroatoms. The predicted octanol–water partition coefficient (Wildman–Crippen LogP) is 11.7. The van der Waals surface area contributed by atoms with Crippen molar-refractivity contribution in [1.82, 2.24) is 24.3 Å². The van der Waals surface area contributed by atoms with Crippen LogP contribution in [0.4, 0.5) is 5.69 Å². The highest BCUT2D eigenvalue weighted by Gasteiger charge is 2.22. The molecule has 252 valence electrons. The van der Waals surface area contributed by atoms with E-state index in [2.05, 4.69) is 62.0 Å². The molecule has 9 rings (SSSR count). The van der Waals surface area contributed by atoms with Gasteiger partial charge in [0.05, 0.1) is 23.3 Å². The third-order valence-electron chi connectivity index (χ3n) is 9.39. The zero-order chi connectivity index (χ0) is 38.4. The average Bonchev–Trinajstić information content (AvgIpc) is 3.77. The Labute approximate surface area is 311 Å². The van der Waals surface area contributed by atoms with Crippen LogP contribution < -0.4 is 4.74 Å². The summed E-state index contributed by atoms with van der Waals surface area (Å²) >= 11 is 0. The van der Waals surface area contributed by atoms with Gasteiger partial charge in [-0.1, -0.05) is 97.1 Å². The van der Waals surface area contributed by atoms with E-state index in [1.807, 2.05) is 96.4 Å². The lowest BCUT2D eigenvalue weighted by Crippen LogP contribution is -2.05. The van der Waals surface area contributed by atoms with Gasteiger partial charge < -0.3 is 4.74 Å². The molecular formula is C46H32N6O. The molecule has 0 N–H and O–H groups in total. The maximum atomic E-state index is 8.03. The summed E-state index contributed by atoms with van der Waals surface area (Å²) in [6, 6.07) is 49.0. The number of rotatable bonds is 7. The molecule has 0 spiro atoms. The number of pyridine rings is 1. The second-order valence-corrected chi connectivity index (χ2v) is 12.7. The first-order chi connectivity index (χ1) is 27.3. The second-order valence-electron chi connectivity index (χ2n) is 12.7. The highest BCUT2D eigenvalue weighted by molar-refractivity contribution is 6.09. The van der Waals surface area contributed by atoms with Crippen molar-refractivity contribution in [3.63, 3.8) is 0 Å². The average molecular weight is 688 g/mol. The van der Waals surface area contributed by atoms with Crippen LogP contribution >= 0.6 is 0 Å². The molecule has 3 heterocycles. The zero-order valence-corrected chi connectivity index (χ0v) is 28.6. The van der Waals surface area contributed by atoms with Crippen molar-refractivity contribution in [2.24, 2.45) is 0 Å². The summed E-state index contributed by atoms with van der Waals surface area (Å²) in [4.78, 5) is 8.40. The molecule has 0 amide bonds. The number of aromatic nitrogens is 5. The summed E-state index contributed by atoms with van der Waals surface area (Å²) in [5.41, 5.74) is 7.96. The summed E-state index contributed by atoms with van der Waals surface area (Å²) in [7, 11) is 0. The van der Waals surface area contributed by atoms with Crippen molar-refractivity contribution in [3.8, 4) is 56.6 Å². The van der Waals surface area contributed by atoms with Crippen LogP contribution in [0.15, 0.2) is 158 Å². The molecule has 3 aromatic heterocycles. The van der Waals surface area contributed by atoms with Crippen LogP contribution in [0.2, 0.25) is 0 Å². The van der Waals surface area contributed by atoms with Crippen molar-refractivity contribution in [2.75, 3.05) is 0 Å². The standard InChI is InChI=1S/C46H32N6O/c1-30-23-24-48-44(25-30)52-42-20-11-10-17-40(42)41-22-21-36(29-43(41)52)53-37-27-34(26-35(28-37)47-3)46-50-49-31(2)51(46)45-38(32-13-6-4-7-14-32)18-12-19-39(45)33-15-8-5-9-16-33/h4-29H,1-2H3/i1D3. The van der Waals surface area contributed by atoms with Crippen molar-refractivity contribution < 1.29 is 8.85 Å². The molecule has 0 saturated carbocycles. The number of para-hydroxylation sites is 2. The van der Waals surface area contributed by atoms with Crippen LogP contribution in [0, 0.1) is 20.3 Å². The monoisotopic (exact) mass is 687 g/mol. The Kier molecular flexibility index (Phi) is 7.02. The van der Waals surface area contributed by atoms with Crippen LogP contribution in [-0.2, 0) is 0 Å². The van der Waals surface area contributed by atoms with E-state index in [0.29, 0.717) is 40.2 Å². The van der Waals surface area contributed by atoms with Crippen LogP contribution in [0.1, 0.15) is 15.5 Å². The number of hydrogen-bond donors (Lipinski definition) is 0. The third kappa shape index (κ3) is 5.69. The Balaban J connectivity index is 1.18. The highest BCUT2D eigenvalue weighted by atomic mass is 16.5. The summed E-state index contributed by atoms with van der Waals surface area (Å²) in [5, 5.41) is 11.2. The topological polar surface area (TPSA) is 62.1 Å². The fourth-order valence-corrected chi connectivity index (χ4v) is 7.08. The molecule has 0 bridgehead atoms. The number of hydrogen-bond acceptors (Lipinski definition) is 4. The van der Waals surface area contributed by atoms with Gasteiger partial charge >= 0.3 is 0 Å². The molecule has 0 radical (unpaired) electrons. The molecule has 0 unspecified atom stereocenters. The van der Waals surface area contributed by atoms with Gasteiger partial charge in [-0.15, -0.1) is 10.2 Å². The first-order valence-corrected chi connectivity index (χ1v) is 17.1.